The molecule has 26 heavy (non-hydrogen) atoms. The number of rotatable bonds is 5. The van der Waals surface area contributed by atoms with Gasteiger partial charge in [-0.25, -0.2) is 0 Å². The third-order valence-corrected chi connectivity index (χ3v) is 6.08. The maximum absolute atomic E-state index is 2.71. The van der Waals surface area contributed by atoms with E-state index in [1.165, 1.54) is 50.4 Å². The fourth-order valence-electron chi connectivity index (χ4n) is 4.43. The van der Waals surface area contributed by atoms with Crippen molar-refractivity contribution < 1.29 is 0 Å². The summed E-state index contributed by atoms with van der Waals surface area (Å²) in [7, 11) is 0. The Morgan fingerprint density at radius 1 is 0.692 bits per heavy atom. The lowest BCUT2D eigenvalue weighted by atomic mass is 9.92. The normalized spacial score (nSPS) is 20.6. The van der Waals surface area contributed by atoms with Gasteiger partial charge < -0.3 is 0 Å². The van der Waals surface area contributed by atoms with E-state index in [0.717, 1.165) is 6.04 Å². The van der Waals surface area contributed by atoms with Crippen molar-refractivity contribution in [2.45, 2.75) is 32.0 Å². The molecule has 0 spiro atoms. The van der Waals surface area contributed by atoms with Crippen LogP contribution in [0.3, 0.4) is 0 Å². The molecule has 2 saturated heterocycles. The highest BCUT2D eigenvalue weighted by Crippen LogP contribution is 2.33. The Kier molecular flexibility index (Phi) is 5.39. The van der Waals surface area contributed by atoms with Crippen LogP contribution in [0.5, 0.6) is 0 Å². The molecule has 0 aromatic heterocycles. The predicted octanol–water partition coefficient (Wildman–Crippen LogP) is 3.49. The maximum Gasteiger partial charge on any atom is 0.0602 e. The smallest absolute Gasteiger partial charge is 0.0602 e. The second-order valence-electron chi connectivity index (χ2n) is 8.00. The monoisotopic (exact) mass is 349 g/mol. The summed E-state index contributed by atoms with van der Waals surface area (Å²) in [6, 6.07) is 23.7. The van der Waals surface area contributed by atoms with Crippen molar-refractivity contribution in [2.75, 3.05) is 39.3 Å². The summed E-state index contributed by atoms with van der Waals surface area (Å²) >= 11 is 0. The van der Waals surface area contributed by atoms with Crippen LogP contribution >= 0.6 is 0 Å². The number of benzene rings is 2. The molecule has 138 valence electrons. The SMILES string of the molecule is CC(C)N1CCN(C2CN(C(c3ccccc3)c3ccccc3)C2)CC1. The lowest BCUT2D eigenvalue weighted by Gasteiger charge is -2.51. The van der Waals surface area contributed by atoms with E-state index in [1.807, 2.05) is 0 Å². The van der Waals surface area contributed by atoms with Gasteiger partial charge in [0.05, 0.1) is 6.04 Å². The predicted molar refractivity (Wildman–Crippen MR) is 108 cm³/mol. The first-order valence-corrected chi connectivity index (χ1v) is 10.0. The van der Waals surface area contributed by atoms with Gasteiger partial charge in [-0.1, -0.05) is 60.7 Å². The maximum atomic E-state index is 2.71. The Morgan fingerprint density at radius 3 is 1.65 bits per heavy atom. The molecule has 2 aliphatic rings. The summed E-state index contributed by atoms with van der Waals surface area (Å²) in [6.45, 7) is 11.8. The minimum Gasteiger partial charge on any atom is -0.298 e. The second-order valence-corrected chi connectivity index (χ2v) is 8.00. The van der Waals surface area contributed by atoms with E-state index in [0.29, 0.717) is 12.1 Å². The van der Waals surface area contributed by atoms with Crippen molar-refractivity contribution >= 4 is 0 Å². The van der Waals surface area contributed by atoms with Gasteiger partial charge in [0.15, 0.2) is 0 Å². The molecule has 4 rings (SSSR count). The zero-order valence-electron chi connectivity index (χ0n) is 16.1. The van der Waals surface area contributed by atoms with Crippen LogP contribution in [0.2, 0.25) is 0 Å². The molecule has 2 aromatic rings. The van der Waals surface area contributed by atoms with Gasteiger partial charge in [0.25, 0.3) is 0 Å². The number of hydrogen-bond donors (Lipinski definition) is 0. The fraction of sp³-hybridized carbons (Fsp3) is 0.478. The summed E-state index contributed by atoms with van der Waals surface area (Å²) in [5, 5.41) is 0. The summed E-state index contributed by atoms with van der Waals surface area (Å²) in [6.07, 6.45) is 0. The van der Waals surface area contributed by atoms with Crippen molar-refractivity contribution in [1.29, 1.82) is 0 Å². The molecule has 0 saturated carbocycles. The molecule has 3 heteroatoms. The highest BCUT2D eigenvalue weighted by molar-refractivity contribution is 5.32. The Hall–Kier alpha value is -1.68. The molecule has 0 bridgehead atoms. The van der Waals surface area contributed by atoms with Crippen molar-refractivity contribution in [3.63, 3.8) is 0 Å². The zero-order chi connectivity index (χ0) is 17.9. The Bertz CT molecular complexity index is 632. The average molecular weight is 350 g/mol. The summed E-state index contributed by atoms with van der Waals surface area (Å²) in [4.78, 5) is 7.95. The molecule has 0 amide bonds. The number of hydrogen-bond acceptors (Lipinski definition) is 3. The van der Waals surface area contributed by atoms with Crippen LogP contribution < -0.4 is 0 Å². The van der Waals surface area contributed by atoms with Gasteiger partial charge >= 0.3 is 0 Å². The van der Waals surface area contributed by atoms with Crippen molar-refractivity contribution in [2.24, 2.45) is 0 Å². The summed E-state index contributed by atoms with van der Waals surface area (Å²) in [5.74, 6) is 0. The van der Waals surface area contributed by atoms with Crippen LogP contribution in [0.1, 0.15) is 31.0 Å². The molecule has 0 unspecified atom stereocenters. The minimum absolute atomic E-state index is 0.380. The van der Waals surface area contributed by atoms with Crippen molar-refractivity contribution in [3.8, 4) is 0 Å². The Morgan fingerprint density at radius 2 is 1.19 bits per heavy atom. The van der Waals surface area contributed by atoms with Gasteiger partial charge in [-0.2, -0.15) is 0 Å². The van der Waals surface area contributed by atoms with E-state index in [4.69, 9.17) is 0 Å². The van der Waals surface area contributed by atoms with Gasteiger partial charge in [-0.3, -0.25) is 14.7 Å². The molecule has 2 heterocycles. The molecule has 2 aliphatic heterocycles. The fourth-order valence-corrected chi connectivity index (χ4v) is 4.43. The third-order valence-electron chi connectivity index (χ3n) is 6.08. The largest absolute Gasteiger partial charge is 0.298 e. The minimum atomic E-state index is 0.380. The van der Waals surface area contributed by atoms with E-state index in [1.54, 1.807) is 0 Å². The number of likely N-dealkylation sites (tertiary alicyclic amines) is 1. The van der Waals surface area contributed by atoms with E-state index in [2.05, 4.69) is 89.2 Å². The van der Waals surface area contributed by atoms with Gasteiger partial charge in [-0.15, -0.1) is 0 Å². The van der Waals surface area contributed by atoms with Crippen LogP contribution in [0.4, 0.5) is 0 Å². The molecule has 2 aromatic carbocycles. The molecule has 0 radical (unpaired) electrons. The van der Waals surface area contributed by atoms with Crippen LogP contribution in [0.25, 0.3) is 0 Å². The lowest BCUT2D eigenvalue weighted by Crippen LogP contribution is -2.63. The average Bonchev–Trinajstić information content (AvgIpc) is 2.66. The van der Waals surface area contributed by atoms with Gasteiger partial charge in [-0.05, 0) is 25.0 Å². The lowest BCUT2D eigenvalue weighted by molar-refractivity contribution is -0.0138. The zero-order valence-corrected chi connectivity index (χ0v) is 16.1. The molecule has 3 nitrogen and oxygen atoms in total. The number of nitrogens with zero attached hydrogens (tertiary/aromatic N) is 3. The number of piperazine rings is 1. The van der Waals surface area contributed by atoms with E-state index in [9.17, 15) is 0 Å². The molecule has 0 atom stereocenters. The molecule has 2 fully saturated rings. The quantitative estimate of drug-likeness (QED) is 0.818. The van der Waals surface area contributed by atoms with Crippen LogP contribution in [0, 0.1) is 0 Å². The van der Waals surface area contributed by atoms with Gasteiger partial charge in [0, 0.05) is 51.4 Å². The molecular weight excluding hydrogens is 318 g/mol. The van der Waals surface area contributed by atoms with Crippen LogP contribution in [-0.4, -0.2) is 66.1 Å². The highest BCUT2D eigenvalue weighted by Gasteiger charge is 2.38. The first-order chi connectivity index (χ1) is 12.7. The molecule has 0 N–H and O–H groups in total. The Labute approximate surface area is 158 Å². The van der Waals surface area contributed by atoms with Gasteiger partial charge in [0.1, 0.15) is 0 Å². The Balaban J connectivity index is 1.42. The van der Waals surface area contributed by atoms with Gasteiger partial charge in [0.2, 0.25) is 0 Å². The molecular formula is C23H31N3. The topological polar surface area (TPSA) is 9.72 Å². The third kappa shape index (κ3) is 3.71. The first-order valence-electron chi connectivity index (χ1n) is 10.0. The van der Waals surface area contributed by atoms with Crippen molar-refractivity contribution in [1.82, 2.24) is 14.7 Å². The van der Waals surface area contributed by atoms with E-state index >= 15 is 0 Å². The van der Waals surface area contributed by atoms with E-state index in [-0.39, 0.29) is 0 Å². The summed E-state index contributed by atoms with van der Waals surface area (Å²) < 4.78 is 0. The standard InChI is InChI=1S/C23H31N3/c1-19(2)24-13-15-25(16-14-24)22-17-26(18-22)23(20-9-5-3-6-10-20)21-11-7-4-8-12-21/h3-12,19,22-23H,13-18H2,1-2H3. The molecule has 0 aliphatic carbocycles. The van der Waals surface area contributed by atoms with Crippen molar-refractivity contribution in [3.05, 3.63) is 71.8 Å². The van der Waals surface area contributed by atoms with E-state index < -0.39 is 0 Å². The van der Waals surface area contributed by atoms with Crippen LogP contribution in [-0.2, 0) is 0 Å². The summed E-state index contributed by atoms with van der Waals surface area (Å²) in [5.41, 5.74) is 2.81. The first kappa shape index (κ1) is 17.7. The highest BCUT2D eigenvalue weighted by atomic mass is 15.4. The second kappa shape index (κ2) is 7.91. The van der Waals surface area contributed by atoms with Crippen LogP contribution in [0.15, 0.2) is 60.7 Å².